The van der Waals surface area contributed by atoms with Crippen molar-refractivity contribution in [1.29, 1.82) is 0 Å². The van der Waals surface area contributed by atoms with Crippen molar-refractivity contribution < 1.29 is 103 Å². The molecule has 0 saturated carbocycles. The summed E-state index contributed by atoms with van der Waals surface area (Å²) >= 11 is 0. The number of phenolic OH excluding ortho intramolecular Hbond substituents is 1. The lowest BCUT2D eigenvalue weighted by Gasteiger charge is -2.08. The minimum Gasteiger partial charge on any atom is -0.508 e. The van der Waals surface area contributed by atoms with E-state index in [0.29, 0.717) is 80.4 Å². The summed E-state index contributed by atoms with van der Waals surface area (Å²) in [5, 5.41) is 9.40. The summed E-state index contributed by atoms with van der Waals surface area (Å²) in [5.41, 5.74) is 33.5. The molecule has 0 radical (unpaired) electrons. The number of aromatic nitrogens is 10. The summed E-state index contributed by atoms with van der Waals surface area (Å²) < 4.78 is 243. The molecule has 0 atom stereocenters. The zero-order valence-corrected chi connectivity index (χ0v) is 76.0. The Morgan fingerprint density at radius 2 is 0.528 bits per heavy atom. The molecular weight excluding hydrogens is 1910 g/mol. The highest BCUT2D eigenvalue weighted by Crippen LogP contribution is 2.39. The Labute approximate surface area is 809 Å². The molecule has 20 rings (SSSR count). The van der Waals surface area contributed by atoms with Gasteiger partial charge in [0.25, 0.3) is 0 Å². The third kappa shape index (κ3) is 25.7. The average molecular weight is 2000 g/mol. The average Bonchev–Trinajstić information content (AvgIpc) is 1.57. The fourth-order valence-electron chi connectivity index (χ4n) is 14.8. The Kier molecular flexibility index (Phi) is 29.4. The molecule has 15 aromatic carbocycles. The second kappa shape index (κ2) is 42.4. The number of H-pyrrole nitrogens is 5. The van der Waals surface area contributed by atoms with E-state index in [1.165, 1.54) is 79.8 Å². The van der Waals surface area contributed by atoms with Gasteiger partial charge in [-0.25, -0.2) is 38.1 Å². The summed E-state index contributed by atoms with van der Waals surface area (Å²) in [6.07, 6.45) is -21.8. The van der Waals surface area contributed by atoms with Crippen LogP contribution in [0.15, 0.2) is 339 Å². The first kappa shape index (κ1) is 99.7. The molecule has 5 aromatic heterocycles. The number of benzene rings is 15. The van der Waals surface area contributed by atoms with E-state index in [1.807, 2.05) is 176 Å². The van der Waals surface area contributed by atoms with Crippen LogP contribution in [0.5, 0.6) is 34.5 Å². The van der Waals surface area contributed by atoms with E-state index in [-0.39, 0.29) is 43.7 Å². The van der Waals surface area contributed by atoms with Crippen LogP contribution in [-0.4, -0.2) is 70.4 Å². The van der Waals surface area contributed by atoms with Crippen LogP contribution in [0.2, 0.25) is 0 Å². The number of para-hydroxylation sites is 1. The van der Waals surface area contributed by atoms with Gasteiger partial charge in [0, 0.05) is 22.6 Å². The molecule has 0 aliphatic heterocycles. The molecular formula is C106H81F15N14O8S. The molecule has 20 aromatic rings. The molecule has 5 heterocycles. The van der Waals surface area contributed by atoms with Gasteiger partial charge < -0.3 is 70.9 Å². The SMILES string of the molecule is CNS(=O)(=O)c1ccc(-c2ccc3nc(COc4ccc(C(F)(F)F)cc4)[nH]c3c2)cc1.Nc1ccc(-c2ccc3nc(COc4ccc(C(F)(F)F)cc4)[nH]c3c2)cc1.Nc1cccc(-c2ccc3nc(COc4ccc(C(F)(F)F)cc4)[nH]c3c2)c1.Nc1ccccc1-c1ccc2nc(COc3ccc(C(F)(F)F)cc3)[nH]c2c1.Oc1ccc(-c2ccc3nc(COc4ccc(C(F)(F)F)cc4)[nH]c3c2)cc1. The standard InChI is InChI=1S/C22H18F3N3O3S.3C21H16F3N3O.C21H15F3N2O2/c1-26-32(29,30)18-9-2-14(3-10-18)15-4-11-19-20(12-15)28-21(27-19)13-31-17-7-5-16(6-8-17)22(23,24)25;22-21(23,24)15-4-8-17(9-5-15)28-12-20-26-18-10-3-14(11-19(18)27-20)13-1-6-16(25)7-2-13;22-21(23,24)15-5-7-17(8-6-15)28-12-20-26-18-9-4-14(11-19(18)27-20)13-2-1-3-16(25)10-13;22-21(23,24)14-6-8-15(9-7-14)28-12-20-26-18-10-5-13(11-19(18)27-20)16-3-1-2-4-17(16)25;22-21(23,24)15-4-8-17(9-5-15)28-12-20-25-18-10-3-14(11-19(18)26-20)13-1-6-16(27)7-2-13/h2-12,26H,13H2,1H3,(H,27,28);3*1-11H,12,25H2,(H,26,27);1-11,27H,12H2,(H,25,26). The van der Waals surface area contributed by atoms with Crippen LogP contribution in [0, 0.1) is 0 Å². The fraction of sp³-hybridized carbons (Fsp3) is 0.104. The number of nitrogen functional groups attached to an aromatic ring is 3. The van der Waals surface area contributed by atoms with Gasteiger partial charge in [-0.15, -0.1) is 0 Å². The van der Waals surface area contributed by atoms with Crippen LogP contribution < -0.4 is 45.6 Å². The number of ether oxygens (including phenoxy) is 5. The third-order valence-corrected chi connectivity index (χ3v) is 23.6. The number of sulfonamides is 1. The van der Waals surface area contributed by atoms with Crippen LogP contribution >= 0.6 is 0 Å². The van der Waals surface area contributed by atoms with E-state index in [1.54, 1.807) is 24.3 Å². The summed E-state index contributed by atoms with van der Waals surface area (Å²) in [6.45, 7) is 0.522. The predicted molar refractivity (Wildman–Crippen MR) is 518 cm³/mol. The number of hydrogen-bond acceptors (Lipinski definition) is 16. The number of aromatic amines is 5. The lowest BCUT2D eigenvalue weighted by molar-refractivity contribution is -0.138. The molecule has 0 spiro atoms. The van der Waals surface area contributed by atoms with Gasteiger partial charge in [-0.1, -0.05) is 97.1 Å². The zero-order chi connectivity index (χ0) is 102. The van der Waals surface area contributed by atoms with Gasteiger partial charge >= 0.3 is 30.9 Å². The first-order valence-corrected chi connectivity index (χ1v) is 45.0. The lowest BCUT2D eigenvalue weighted by atomic mass is 10.0. The van der Waals surface area contributed by atoms with Crippen LogP contribution in [0.3, 0.4) is 0 Å². The molecule has 0 aliphatic rings. The molecule has 0 fully saturated rings. The maximum absolute atomic E-state index is 12.6. The van der Waals surface area contributed by atoms with E-state index >= 15 is 0 Å². The zero-order valence-electron chi connectivity index (χ0n) is 75.1. The topological polar surface area (TPSA) is 334 Å². The number of rotatable bonds is 22. The van der Waals surface area contributed by atoms with Crippen molar-refractivity contribution in [3.63, 3.8) is 0 Å². The van der Waals surface area contributed by atoms with Crippen LogP contribution in [0.1, 0.15) is 56.9 Å². The van der Waals surface area contributed by atoms with Crippen molar-refractivity contribution in [1.82, 2.24) is 54.6 Å². The van der Waals surface area contributed by atoms with Gasteiger partial charge in [0.1, 0.15) is 96.7 Å². The Balaban J connectivity index is 0.000000129. The summed E-state index contributed by atoms with van der Waals surface area (Å²) in [5.74, 6) is 4.70. The van der Waals surface area contributed by atoms with Crippen molar-refractivity contribution in [3.05, 3.63) is 391 Å². The van der Waals surface area contributed by atoms with Gasteiger partial charge in [0.2, 0.25) is 10.0 Å². The molecule has 0 unspecified atom stereocenters. The summed E-state index contributed by atoms with van der Waals surface area (Å²) in [4.78, 5) is 38.2. The molecule has 13 N–H and O–H groups in total. The fourth-order valence-corrected chi connectivity index (χ4v) is 15.5. The predicted octanol–water partition coefficient (Wildman–Crippen LogP) is 26.5. The van der Waals surface area contributed by atoms with Gasteiger partial charge in [0.05, 0.1) is 87.9 Å². The number of anilines is 3. The quantitative estimate of drug-likeness (QED) is 0.0223. The number of phenols is 1. The van der Waals surface area contributed by atoms with Crippen LogP contribution in [0.4, 0.5) is 82.9 Å². The number of fused-ring (bicyclic) bond motifs is 5. The second-order valence-electron chi connectivity index (χ2n) is 32.2. The molecule has 0 saturated heterocycles. The minimum absolute atomic E-state index is 0.0615. The minimum atomic E-state index is -4.39. The molecule has 0 bridgehead atoms. The van der Waals surface area contributed by atoms with E-state index in [4.69, 9.17) is 40.9 Å². The second-order valence-corrected chi connectivity index (χ2v) is 34.1. The maximum Gasteiger partial charge on any atom is 0.416 e. The normalized spacial score (nSPS) is 11.8. The molecule has 144 heavy (non-hydrogen) atoms. The molecule has 38 heteroatoms. The molecule has 0 amide bonds. The highest BCUT2D eigenvalue weighted by atomic mass is 32.2. The van der Waals surface area contributed by atoms with Crippen LogP contribution in [0.25, 0.3) is 111 Å². The van der Waals surface area contributed by atoms with Gasteiger partial charge in [-0.3, -0.25) is 0 Å². The highest BCUT2D eigenvalue weighted by molar-refractivity contribution is 7.89. The first-order chi connectivity index (χ1) is 68.7. The Bertz CT molecular complexity index is 7780. The first-order valence-electron chi connectivity index (χ1n) is 43.5. The van der Waals surface area contributed by atoms with E-state index in [0.717, 1.165) is 166 Å². The van der Waals surface area contributed by atoms with Crippen molar-refractivity contribution >= 4 is 82.3 Å². The summed E-state index contributed by atoms with van der Waals surface area (Å²) in [6, 6.07) is 87.6. The maximum atomic E-state index is 12.6. The van der Waals surface area contributed by atoms with Gasteiger partial charge in [-0.2, -0.15) is 65.9 Å². The third-order valence-electron chi connectivity index (χ3n) is 22.1. The number of nitrogens with two attached hydrogens (primary N) is 3. The van der Waals surface area contributed by atoms with Crippen molar-refractivity contribution in [2.24, 2.45) is 0 Å². The van der Waals surface area contributed by atoms with Crippen LogP contribution in [-0.2, 0) is 73.9 Å². The smallest absolute Gasteiger partial charge is 0.416 e. The van der Waals surface area contributed by atoms with Crippen molar-refractivity contribution in [3.8, 4) is 90.1 Å². The molecule has 22 nitrogen and oxygen atoms in total. The molecule has 734 valence electrons. The van der Waals surface area contributed by atoms with Gasteiger partial charge in [0.15, 0.2) is 0 Å². The Hall–Kier alpha value is -17.3. The number of aromatic hydroxyl groups is 1. The van der Waals surface area contributed by atoms with E-state index in [2.05, 4.69) is 54.6 Å². The number of halogens is 15. The number of imidazole rings is 5. The van der Waals surface area contributed by atoms with Gasteiger partial charge in [-0.05, 0) is 294 Å². The number of hydrogen-bond donors (Lipinski definition) is 10. The summed E-state index contributed by atoms with van der Waals surface area (Å²) in [7, 11) is -2.15. The number of alkyl halides is 15. The monoisotopic (exact) mass is 1990 g/mol. The van der Waals surface area contributed by atoms with E-state index < -0.39 is 68.7 Å². The van der Waals surface area contributed by atoms with Crippen molar-refractivity contribution in [2.45, 2.75) is 68.8 Å². The Morgan fingerprint density at radius 3 is 0.806 bits per heavy atom. The highest BCUT2D eigenvalue weighted by Gasteiger charge is 2.34. The largest absolute Gasteiger partial charge is 0.508 e. The number of nitrogens with zero attached hydrogens (tertiary/aromatic N) is 5. The lowest BCUT2D eigenvalue weighted by Crippen LogP contribution is -2.18. The Morgan fingerprint density at radius 1 is 0.278 bits per heavy atom. The number of nitrogens with one attached hydrogen (secondary N) is 6. The van der Waals surface area contributed by atoms with Crippen molar-refractivity contribution in [2.75, 3.05) is 24.2 Å². The van der Waals surface area contributed by atoms with E-state index in [9.17, 15) is 79.4 Å². The molecule has 0 aliphatic carbocycles.